The molecule has 2 heterocycles. The maximum atomic E-state index is 5.61. The number of hydrogen-bond acceptors (Lipinski definition) is 5. The van der Waals surface area contributed by atoms with Gasteiger partial charge in [-0.1, -0.05) is 0 Å². The van der Waals surface area contributed by atoms with Gasteiger partial charge in [0.05, 0.1) is 12.7 Å². The number of oxazole rings is 1. The number of nitrogen functional groups attached to an aromatic ring is 1. The highest BCUT2D eigenvalue weighted by Crippen LogP contribution is 2.09. The Bertz CT molecular complexity index is 452. The summed E-state index contributed by atoms with van der Waals surface area (Å²) in [5, 5.41) is 3.07. The number of aryl methyl sites for hydroxylation is 1. The van der Waals surface area contributed by atoms with Crippen molar-refractivity contribution in [2.45, 2.75) is 13.5 Å². The molecule has 0 unspecified atom stereocenters. The molecule has 0 aliphatic heterocycles. The van der Waals surface area contributed by atoms with Gasteiger partial charge in [0.1, 0.15) is 11.6 Å². The van der Waals surface area contributed by atoms with Crippen molar-refractivity contribution < 1.29 is 4.42 Å². The lowest BCUT2D eigenvalue weighted by Crippen LogP contribution is -2.01. The molecule has 2 aromatic heterocycles. The first-order chi connectivity index (χ1) is 7.24. The van der Waals surface area contributed by atoms with E-state index in [1.165, 1.54) is 0 Å². The highest BCUT2D eigenvalue weighted by atomic mass is 16.4. The molecule has 0 saturated heterocycles. The highest BCUT2D eigenvalue weighted by molar-refractivity contribution is 5.48. The monoisotopic (exact) mass is 204 g/mol. The maximum Gasteiger partial charge on any atom is 0.213 e. The molecule has 5 heteroatoms. The molecular formula is C10H12N4O. The molecule has 0 bridgehead atoms. The summed E-state index contributed by atoms with van der Waals surface area (Å²) >= 11 is 0. The topological polar surface area (TPSA) is 77.0 Å². The van der Waals surface area contributed by atoms with Crippen molar-refractivity contribution in [3.8, 4) is 0 Å². The summed E-state index contributed by atoms with van der Waals surface area (Å²) in [6.45, 7) is 2.36. The van der Waals surface area contributed by atoms with E-state index in [9.17, 15) is 0 Å². The van der Waals surface area contributed by atoms with Gasteiger partial charge < -0.3 is 15.5 Å². The van der Waals surface area contributed by atoms with Gasteiger partial charge in [-0.25, -0.2) is 9.97 Å². The molecule has 0 saturated carbocycles. The third-order valence-electron chi connectivity index (χ3n) is 1.87. The zero-order chi connectivity index (χ0) is 10.7. The quantitative estimate of drug-likeness (QED) is 0.793. The minimum Gasteiger partial charge on any atom is -0.444 e. The van der Waals surface area contributed by atoms with Crippen LogP contribution in [0.2, 0.25) is 0 Å². The standard InChI is InChI=1S/C10H12N4O/c1-7-5-14-10(15-7)6-13-9-4-8(11)2-3-12-9/h2-5H,6H2,1H3,(H3,11,12,13). The number of nitrogens with zero attached hydrogens (tertiary/aromatic N) is 2. The average Bonchev–Trinajstić information content (AvgIpc) is 2.62. The number of aromatic nitrogens is 2. The minimum absolute atomic E-state index is 0.504. The summed E-state index contributed by atoms with van der Waals surface area (Å²) in [5.41, 5.74) is 6.29. The molecular weight excluding hydrogens is 192 g/mol. The fourth-order valence-electron chi connectivity index (χ4n) is 1.19. The smallest absolute Gasteiger partial charge is 0.213 e. The van der Waals surface area contributed by atoms with Gasteiger partial charge in [-0.2, -0.15) is 0 Å². The Morgan fingerprint density at radius 1 is 1.47 bits per heavy atom. The Kier molecular flexibility index (Phi) is 2.53. The second-order valence-electron chi connectivity index (χ2n) is 3.19. The van der Waals surface area contributed by atoms with E-state index in [4.69, 9.17) is 10.2 Å². The molecule has 0 atom stereocenters. The van der Waals surface area contributed by atoms with Crippen LogP contribution in [0.4, 0.5) is 11.5 Å². The van der Waals surface area contributed by atoms with E-state index < -0.39 is 0 Å². The van der Waals surface area contributed by atoms with Crippen molar-refractivity contribution in [3.63, 3.8) is 0 Å². The summed E-state index contributed by atoms with van der Waals surface area (Å²) in [7, 11) is 0. The molecule has 0 aliphatic carbocycles. The first-order valence-electron chi connectivity index (χ1n) is 4.61. The SMILES string of the molecule is Cc1cnc(CNc2cc(N)ccn2)o1. The first kappa shape index (κ1) is 9.51. The average molecular weight is 204 g/mol. The predicted molar refractivity (Wildman–Crippen MR) is 57.2 cm³/mol. The van der Waals surface area contributed by atoms with Crippen molar-refractivity contribution in [2.75, 3.05) is 11.1 Å². The molecule has 78 valence electrons. The normalized spacial score (nSPS) is 10.2. The molecule has 0 aliphatic rings. The van der Waals surface area contributed by atoms with Crippen molar-refractivity contribution >= 4 is 11.5 Å². The van der Waals surface area contributed by atoms with E-state index in [2.05, 4.69) is 15.3 Å². The Balaban J connectivity index is 1.99. The molecule has 2 rings (SSSR count). The Morgan fingerprint density at radius 2 is 2.33 bits per heavy atom. The third-order valence-corrected chi connectivity index (χ3v) is 1.87. The van der Waals surface area contributed by atoms with Crippen molar-refractivity contribution in [1.82, 2.24) is 9.97 Å². The van der Waals surface area contributed by atoms with Gasteiger partial charge in [0.25, 0.3) is 0 Å². The Morgan fingerprint density at radius 3 is 3.00 bits per heavy atom. The van der Waals surface area contributed by atoms with Crippen molar-refractivity contribution in [3.05, 3.63) is 36.2 Å². The number of pyridine rings is 1. The van der Waals surface area contributed by atoms with Crippen LogP contribution >= 0.6 is 0 Å². The summed E-state index contributed by atoms with van der Waals surface area (Å²) in [6, 6.07) is 3.50. The van der Waals surface area contributed by atoms with Crippen LogP contribution in [-0.4, -0.2) is 9.97 Å². The Labute approximate surface area is 87.3 Å². The number of nitrogens with two attached hydrogens (primary N) is 1. The second kappa shape index (κ2) is 4.00. The molecule has 15 heavy (non-hydrogen) atoms. The van der Waals surface area contributed by atoms with E-state index in [1.54, 1.807) is 24.5 Å². The zero-order valence-corrected chi connectivity index (χ0v) is 8.40. The lowest BCUT2D eigenvalue weighted by Gasteiger charge is -2.02. The van der Waals surface area contributed by atoms with Crippen LogP contribution in [-0.2, 0) is 6.54 Å². The number of nitrogens with one attached hydrogen (secondary N) is 1. The lowest BCUT2D eigenvalue weighted by molar-refractivity contribution is 0.479. The molecule has 2 aromatic rings. The van der Waals surface area contributed by atoms with Crippen LogP contribution in [0, 0.1) is 6.92 Å². The van der Waals surface area contributed by atoms with E-state index in [1.807, 2.05) is 6.92 Å². The number of anilines is 2. The van der Waals surface area contributed by atoms with Crippen LogP contribution in [0.1, 0.15) is 11.7 Å². The fourth-order valence-corrected chi connectivity index (χ4v) is 1.19. The second-order valence-corrected chi connectivity index (χ2v) is 3.19. The van der Waals surface area contributed by atoms with Gasteiger partial charge in [0, 0.05) is 18.0 Å². The van der Waals surface area contributed by atoms with Gasteiger partial charge >= 0.3 is 0 Å². The van der Waals surface area contributed by atoms with Crippen LogP contribution in [0.15, 0.2) is 28.9 Å². The van der Waals surface area contributed by atoms with Gasteiger partial charge in [-0.15, -0.1) is 0 Å². The molecule has 0 radical (unpaired) electrons. The Hall–Kier alpha value is -2.04. The highest BCUT2D eigenvalue weighted by Gasteiger charge is 2.00. The summed E-state index contributed by atoms with van der Waals surface area (Å²) < 4.78 is 5.30. The summed E-state index contributed by atoms with van der Waals surface area (Å²) in [6.07, 6.45) is 3.34. The van der Waals surface area contributed by atoms with E-state index in [-0.39, 0.29) is 0 Å². The lowest BCUT2D eigenvalue weighted by atomic mass is 10.4. The van der Waals surface area contributed by atoms with Gasteiger partial charge in [0.15, 0.2) is 0 Å². The van der Waals surface area contributed by atoms with E-state index >= 15 is 0 Å². The summed E-state index contributed by atoms with van der Waals surface area (Å²) in [4.78, 5) is 8.17. The molecule has 3 N–H and O–H groups in total. The maximum absolute atomic E-state index is 5.61. The van der Waals surface area contributed by atoms with Crippen molar-refractivity contribution in [1.29, 1.82) is 0 Å². The van der Waals surface area contributed by atoms with Crippen LogP contribution in [0.25, 0.3) is 0 Å². The largest absolute Gasteiger partial charge is 0.444 e. The van der Waals surface area contributed by atoms with Gasteiger partial charge in [-0.05, 0) is 13.0 Å². The van der Waals surface area contributed by atoms with E-state index in [0.717, 1.165) is 5.76 Å². The van der Waals surface area contributed by atoms with Crippen LogP contribution in [0.3, 0.4) is 0 Å². The number of hydrogen-bond donors (Lipinski definition) is 2. The molecule has 0 fully saturated rings. The summed E-state index contributed by atoms with van der Waals surface area (Å²) in [5.74, 6) is 2.15. The molecule has 5 nitrogen and oxygen atoms in total. The fraction of sp³-hybridized carbons (Fsp3) is 0.200. The van der Waals surface area contributed by atoms with Crippen LogP contribution in [0.5, 0.6) is 0 Å². The van der Waals surface area contributed by atoms with Gasteiger partial charge in [0.2, 0.25) is 5.89 Å². The molecule has 0 spiro atoms. The van der Waals surface area contributed by atoms with Gasteiger partial charge in [-0.3, -0.25) is 0 Å². The zero-order valence-electron chi connectivity index (χ0n) is 8.40. The predicted octanol–water partition coefficient (Wildman–Crippen LogP) is 1.57. The van der Waals surface area contributed by atoms with E-state index in [0.29, 0.717) is 23.9 Å². The first-order valence-corrected chi connectivity index (χ1v) is 4.61. The molecule has 0 aromatic carbocycles. The minimum atomic E-state index is 0.504. The van der Waals surface area contributed by atoms with Crippen LogP contribution < -0.4 is 11.1 Å². The number of rotatable bonds is 3. The van der Waals surface area contributed by atoms with Crippen molar-refractivity contribution in [2.24, 2.45) is 0 Å². The molecule has 0 amide bonds. The third kappa shape index (κ3) is 2.46.